The van der Waals surface area contributed by atoms with Crippen LogP contribution < -0.4 is 5.56 Å². The molecule has 156 valence electrons. The standard InChI is InChI=1S/C23H24ClN3O3/c1-3-4-5-27-14-19(16-10-15(2)11-17(16)22(27)28)21-12-20(24)18(13-25-21)23(29)26-6-8-30-9-7-26/h3-4,10,12-14H,5-9,11H2,1-2H3/b4-3+. The number of amides is 1. The number of halogens is 1. The molecule has 1 saturated heterocycles. The van der Waals surface area contributed by atoms with Crippen molar-refractivity contribution in [2.75, 3.05) is 26.3 Å². The zero-order valence-electron chi connectivity index (χ0n) is 17.2. The van der Waals surface area contributed by atoms with Gasteiger partial charge in [-0.3, -0.25) is 14.6 Å². The summed E-state index contributed by atoms with van der Waals surface area (Å²) in [6, 6.07) is 1.72. The molecule has 30 heavy (non-hydrogen) atoms. The Kier molecular flexibility index (Phi) is 5.88. The number of nitrogens with zero attached hydrogens (tertiary/aromatic N) is 3. The van der Waals surface area contributed by atoms with Crippen molar-refractivity contribution < 1.29 is 9.53 Å². The van der Waals surface area contributed by atoms with Crippen LogP contribution in [0.15, 0.2) is 41.0 Å². The number of carbonyl (C=O) groups is 1. The molecule has 0 atom stereocenters. The number of pyridine rings is 2. The van der Waals surface area contributed by atoms with Gasteiger partial charge in [0.1, 0.15) is 0 Å². The summed E-state index contributed by atoms with van der Waals surface area (Å²) in [6.07, 6.45) is 9.90. The Morgan fingerprint density at radius 1 is 1.33 bits per heavy atom. The molecule has 2 aromatic rings. The van der Waals surface area contributed by atoms with Crippen molar-refractivity contribution in [2.24, 2.45) is 0 Å². The highest BCUT2D eigenvalue weighted by Crippen LogP contribution is 2.33. The van der Waals surface area contributed by atoms with Crippen LogP contribution in [0, 0.1) is 0 Å². The molecule has 0 N–H and O–H groups in total. The number of hydrogen-bond donors (Lipinski definition) is 0. The Morgan fingerprint density at radius 3 is 2.80 bits per heavy atom. The summed E-state index contributed by atoms with van der Waals surface area (Å²) in [4.78, 5) is 32.0. The van der Waals surface area contributed by atoms with Gasteiger partial charge in [0, 0.05) is 43.2 Å². The van der Waals surface area contributed by atoms with E-state index in [-0.39, 0.29) is 11.5 Å². The predicted molar refractivity (Wildman–Crippen MR) is 118 cm³/mol. The molecule has 1 aliphatic carbocycles. The van der Waals surface area contributed by atoms with Gasteiger partial charge in [0.25, 0.3) is 11.5 Å². The minimum Gasteiger partial charge on any atom is -0.378 e. The second-order valence-corrected chi connectivity index (χ2v) is 7.99. The number of carbonyl (C=O) groups excluding carboxylic acids is 1. The summed E-state index contributed by atoms with van der Waals surface area (Å²) in [5.41, 5.74) is 4.70. The Bertz CT molecular complexity index is 1110. The lowest BCUT2D eigenvalue weighted by molar-refractivity contribution is 0.0302. The van der Waals surface area contributed by atoms with Crippen LogP contribution in [0.2, 0.25) is 5.02 Å². The Morgan fingerprint density at radius 2 is 2.10 bits per heavy atom. The maximum absolute atomic E-state index is 12.9. The van der Waals surface area contributed by atoms with Crippen molar-refractivity contribution in [1.82, 2.24) is 14.5 Å². The molecule has 3 heterocycles. The first-order valence-corrected chi connectivity index (χ1v) is 10.4. The highest BCUT2D eigenvalue weighted by atomic mass is 35.5. The number of allylic oxidation sites excluding steroid dienone is 3. The molecule has 0 aromatic carbocycles. The van der Waals surface area contributed by atoms with E-state index in [9.17, 15) is 9.59 Å². The lowest BCUT2D eigenvalue weighted by atomic mass is 10.0. The molecule has 2 aromatic heterocycles. The number of fused-ring (bicyclic) bond motifs is 1. The van der Waals surface area contributed by atoms with Gasteiger partial charge in [-0.05, 0) is 31.9 Å². The van der Waals surface area contributed by atoms with Crippen LogP contribution in [-0.2, 0) is 17.7 Å². The van der Waals surface area contributed by atoms with Crippen molar-refractivity contribution in [2.45, 2.75) is 26.8 Å². The van der Waals surface area contributed by atoms with Crippen molar-refractivity contribution in [3.8, 4) is 11.3 Å². The minimum atomic E-state index is -0.138. The highest BCUT2D eigenvalue weighted by Gasteiger charge is 2.24. The van der Waals surface area contributed by atoms with Gasteiger partial charge < -0.3 is 14.2 Å². The first-order valence-electron chi connectivity index (χ1n) is 10.1. The van der Waals surface area contributed by atoms with Gasteiger partial charge in [-0.15, -0.1) is 0 Å². The molecule has 0 bridgehead atoms. The number of hydrogen-bond acceptors (Lipinski definition) is 4. The normalized spacial score (nSPS) is 16.1. The summed E-state index contributed by atoms with van der Waals surface area (Å²) in [6.45, 7) is 6.59. The Labute approximate surface area is 180 Å². The van der Waals surface area contributed by atoms with Crippen LogP contribution in [0.25, 0.3) is 17.3 Å². The van der Waals surface area contributed by atoms with E-state index in [1.807, 2.05) is 38.3 Å². The second-order valence-electron chi connectivity index (χ2n) is 7.58. The maximum Gasteiger partial charge on any atom is 0.257 e. The number of morpholine rings is 1. The Hall–Kier alpha value is -2.70. The van der Waals surface area contributed by atoms with E-state index in [1.54, 1.807) is 15.5 Å². The molecule has 0 spiro atoms. The van der Waals surface area contributed by atoms with Crippen LogP contribution in [0.5, 0.6) is 0 Å². The first kappa shape index (κ1) is 20.6. The zero-order chi connectivity index (χ0) is 21.3. The van der Waals surface area contributed by atoms with E-state index in [0.29, 0.717) is 55.5 Å². The molecule has 0 radical (unpaired) electrons. The molecule has 2 aliphatic rings. The number of ether oxygens (including phenoxy) is 1. The molecule has 1 amide bonds. The summed E-state index contributed by atoms with van der Waals surface area (Å²) < 4.78 is 7.01. The van der Waals surface area contributed by atoms with Crippen LogP contribution >= 0.6 is 11.6 Å². The first-order chi connectivity index (χ1) is 14.5. The third kappa shape index (κ3) is 3.85. The smallest absolute Gasteiger partial charge is 0.257 e. The fraction of sp³-hybridized carbons (Fsp3) is 0.348. The molecule has 0 unspecified atom stereocenters. The molecular weight excluding hydrogens is 402 g/mol. The van der Waals surface area contributed by atoms with Gasteiger partial charge in [-0.1, -0.05) is 35.4 Å². The van der Waals surface area contributed by atoms with E-state index in [0.717, 1.165) is 22.3 Å². The summed E-state index contributed by atoms with van der Waals surface area (Å²) >= 11 is 6.51. The van der Waals surface area contributed by atoms with Crippen molar-refractivity contribution >= 4 is 23.6 Å². The van der Waals surface area contributed by atoms with Crippen molar-refractivity contribution in [3.05, 3.63) is 68.3 Å². The fourth-order valence-electron chi connectivity index (χ4n) is 3.88. The molecular formula is C23H24ClN3O3. The number of aromatic nitrogens is 2. The predicted octanol–water partition coefficient (Wildman–Crippen LogP) is 3.57. The third-order valence-electron chi connectivity index (χ3n) is 5.46. The average molecular weight is 426 g/mol. The van der Waals surface area contributed by atoms with Crippen LogP contribution in [0.1, 0.15) is 35.3 Å². The average Bonchev–Trinajstić information content (AvgIpc) is 3.15. The minimum absolute atomic E-state index is 0.0187. The lowest BCUT2D eigenvalue weighted by Gasteiger charge is -2.27. The SMILES string of the molecule is C/C=C/Cn1cc(-c2cc(Cl)c(C(=O)N3CCOCC3)cn2)c2c(c1=O)CC(C)=C2. The largest absolute Gasteiger partial charge is 0.378 e. The van der Waals surface area contributed by atoms with Gasteiger partial charge in [-0.25, -0.2) is 0 Å². The zero-order valence-corrected chi connectivity index (χ0v) is 17.9. The fourth-order valence-corrected chi connectivity index (χ4v) is 4.11. The molecule has 4 rings (SSSR count). The van der Waals surface area contributed by atoms with E-state index in [2.05, 4.69) is 4.98 Å². The lowest BCUT2D eigenvalue weighted by Crippen LogP contribution is -2.40. The van der Waals surface area contributed by atoms with Crippen LogP contribution in [0.4, 0.5) is 0 Å². The van der Waals surface area contributed by atoms with Crippen LogP contribution in [-0.4, -0.2) is 46.7 Å². The topological polar surface area (TPSA) is 64.4 Å². The molecule has 7 heteroatoms. The van der Waals surface area contributed by atoms with Gasteiger partial charge >= 0.3 is 0 Å². The van der Waals surface area contributed by atoms with E-state index < -0.39 is 0 Å². The summed E-state index contributed by atoms with van der Waals surface area (Å²) in [5.74, 6) is -0.138. The molecule has 0 saturated carbocycles. The van der Waals surface area contributed by atoms with Crippen molar-refractivity contribution in [3.63, 3.8) is 0 Å². The number of rotatable bonds is 4. The van der Waals surface area contributed by atoms with Crippen molar-refractivity contribution in [1.29, 1.82) is 0 Å². The molecule has 1 fully saturated rings. The van der Waals surface area contributed by atoms with Gasteiger partial charge in [0.2, 0.25) is 0 Å². The Balaban J connectivity index is 1.75. The van der Waals surface area contributed by atoms with E-state index in [1.165, 1.54) is 6.20 Å². The van der Waals surface area contributed by atoms with E-state index in [4.69, 9.17) is 16.3 Å². The van der Waals surface area contributed by atoms with Gasteiger partial charge in [0.05, 0.1) is 29.5 Å². The van der Waals surface area contributed by atoms with Crippen LogP contribution in [0.3, 0.4) is 0 Å². The molecule has 6 nitrogen and oxygen atoms in total. The summed E-state index contributed by atoms with van der Waals surface area (Å²) in [7, 11) is 0. The second kappa shape index (κ2) is 8.58. The third-order valence-corrected chi connectivity index (χ3v) is 5.77. The molecule has 1 aliphatic heterocycles. The van der Waals surface area contributed by atoms with Gasteiger partial charge in [0.15, 0.2) is 0 Å². The monoisotopic (exact) mass is 425 g/mol. The van der Waals surface area contributed by atoms with E-state index >= 15 is 0 Å². The highest BCUT2D eigenvalue weighted by molar-refractivity contribution is 6.34. The van der Waals surface area contributed by atoms with Gasteiger partial charge in [-0.2, -0.15) is 0 Å². The maximum atomic E-state index is 12.9. The summed E-state index contributed by atoms with van der Waals surface area (Å²) in [5, 5.41) is 0.357. The quantitative estimate of drug-likeness (QED) is 0.702.